The predicted octanol–water partition coefficient (Wildman–Crippen LogP) is 4.33. The highest BCUT2D eigenvalue weighted by molar-refractivity contribution is 5.46. The summed E-state index contributed by atoms with van der Waals surface area (Å²) >= 11 is 0. The van der Waals surface area contributed by atoms with Crippen molar-refractivity contribution in [1.82, 2.24) is 0 Å². The summed E-state index contributed by atoms with van der Waals surface area (Å²) in [6.07, 6.45) is -4.38. The quantitative estimate of drug-likeness (QED) is 0.855. The van der Waals surface area contributed by atoms with Crippen LogP contribution in [0.3, 0.4) is 0 Å². The Bertz CT molecular complexity index is 670. The first-order valence-electron chi connectivity index (χ1n) is 6.00. The van der Waals surface area contributed by atoms with Crippen molar-refractivity contribution in [1.29, 1.82) is 5.26 Å². The van der Waals surface area contributed by atoms with Gasteiger partial charge in [0.25, 0.3) is 0 Å². The van der Waals surface area contributed by atoms with Gasteiger partial charge >= 0.3 is 6.18 Å². The lowest BCUT2D eigenvalue weighted by molar-refractivity contribution is -0.137. The van der Waals surface area contributed by atoms with Crippen LogP contribution in [0.15, 0.2) is 42.5 Å². The zero-order valence-corrected chi connectivity index (χ0v) is 10.7. The zero-order valence-electron chi connectivity index (χ0n) is 10.7. The van der Waals surface area contributed by atoms with Crippen LogP contribution in [0.4, 0.5) is 23.2 Å². The second kappa shape index (κ2) is 5.83. The summed E-state index contributed by atoms with van der Waals surface area (Å²) in [5.41, 5.74) is -0.105. The maximum atomic E-state index is 13.8. The van der Waals surface area contributed by atoms with Gasteiger partial charge < -0.3 is 5.32 Å². The predicted molar refractivity (Wildman–Crippen MR) is 69.9 cm³/mol. The van der Waals surface area contributed by atoms with Gasteiger partial charge in [0.2, 0.25) is 0 Å². The monoisotopic (exact) mass is 294 g/mol. The van der Waals surface area contributed by atoms with E-state index in [0.29, 0.717) is 5.69 Å². The highest BCUT2D eigenvalue weighted by Gasteiger charge is 2.29. The van der Waals surface area contributed by atoms with Gasteiger partial charge in [-0.3, -0.25) is 0 Å². The number of rotatable bonds is 3. The molecule has 2 aromatic rings. The second-order valence-electron chi connectivity index (χ2n) is 4.32. The molecule has 0 bridgehead atoms. The van der Waals surface area contributed by atoms with Crippen molar-refractivity contribution in [3.8, 4) is 6.07 Å². The van der Waals surface area contributed by atoms with Gasteiger partial charge in [-0.1, -0.05) is 12.1 Å². The summed E-state index contributed by atoms with van der Waals surface area (Å²) < 4.78 is 51.0. The Morgan fingerprint density at radius 2 is 1.71 bits per heavy atom. The zero-order chi connectivity index (χ0) is 15.5. The summed E-state index contributed by atoms with van der Waals surface area (Å²) in [6, 6.07) is 10.6. The molecule has 0 aliphatic rings. The number of alkyl halides is 3. The molecule has 2 nitrogen and oxygen atoms in total. The highest BCUT2D eigenvalue weighted by atomic mass is 19.4. The Kier molecular flexibility index (Phi) is 4.13. The van der Waals surface area contributed by atoms with Crippen LogP contribution in [0.25, 0.3) is 0 Å². The molecule has 0 aliphatic carbocycles. The van der Waals surface area contributed by atoms with E-state index in [-0.39, 0.29) is 17.7 Å². The Morgan fingerprint density at radius 3 is 2.29 bits per heavy atom. The number of halogens is 4. The van der Waals surface area contributed by atoms with Gasteiger partial charge in [-0.25, -0.2) is 4.39 Å². The molecule has 108 valence electrons. The molecule has 0 heterocycles. The first kappa shape index (κ1) is 14.9. The third-order valence-electron chi connectivity index (χ3n) is 2.89. The van der Waals surface area contributed by atoms with E-state index in [1.807, 2.05) is 0 Å². The van der Waals surface area contributed by atoms with Crippen LogP contribution in [0.2, 0.25) is 0 Å². The summed E-state index contributed by atoms with van der Waals surface area (Å²) in [7, 11) is 0. The first-order chi connectivity index (χ1) is 9.91. The van der Waals surface area contributed by atoms with Crippen LogP contribution in [0.1, 0.15) is 16.7 Å². The van der Waals surface area contributed by atoms with Gasteiger partial charge in [0.05, 0.1) is 11.1 Å². The molecule has 2 rings (SSSR count). The molecular formula is C15H10F4N2. The number of nitrogens with zero attached hydrogens (tertiary/aromatic N) is 1. The minimum atomic E-state index is -4.38. The fourth-order valence-electron chi connectivity index (χ4n) is 1.78. The van der Waals surface area contributed by atoms with Crippen molar-refractivity contribution >= 4 is 5.69 Å². The molecule has 0 spiro atoms. The van der Waals surface area contributed by atoms with Crippen molar-refractivity contribution in [3.05, 3.63) is 65.0 Å². The smallest absolute Gasteiger partial charge is 0.381 e. The molecule has 1 N–H and O–H groups in total. The molecule has 0 aliphatic heterocycles. The van der Waals surface area contributed by atoms with E-state index in [2.05, 4.69) is 5.32 Å². The topological polar surface area (TPSA) is 35.8 Å². The summed E-state index contributed by atoms with van der Waals surface area (Å²) in [4.78, 5) is 0. The third-order valence-corrected chi connectivity index (χ3v) is 2.89. The summed E-state index contributed by atoms with van der Waals surface area (Å²) in [6.45, 7) is 0.0761. The van der Waals surface area contributed by atoms with Gasteiger partial charge in [0.15, 0.2) is 0 Å². The van der Waals surface area contributed by atoms with E-state index >= 15 is 0 Å². The lowest BCUT2D eigenvalue weighted by Crippen LogP contribution is -2.06. The second-order valence-corrected chi connectivity index (χ2v) is 4.32. The van der Waals surface area contributed by atoms with Gasteiger partial charge in [0.1, 0.15) is 11.9 Å². The molecule has 0 saturated carbocycles. The van der Waals surface area contributed by atoms with Crippen LogP contribution in [-0.2, 0) is 12.7 Å². The number of anilines is 1. The average molecular weight is 294 g/mol. The van der Waals surface area contributed by atoms with Crippen LogP contribution >= 0.6 is 0 Å². The molecule has 21 heavy (non-hydrogen) atoms. The van der Waals surface area contributed by atoms with Crippen LogP contribution in [-0.4, -0.2) is 0 Å². The molecule has 2 aromatic carbocycles. The van der Waals surface area contributed by atoms with E-state index in [1.165, 1.54) is 24.3 Å². The highest BCUT2D eigenvalue weighted by Crippen LogP contribution is 2.29. The van der Waals surface area contributed by atoms with Crippen LogP contribution in [0.5, 0.6) is 0 Å². The minimum Gasteiger partial charge on any atom is -0.381 e. The Morgan fingerprint density at radius 1 is 1.05 bits per heavy atom. The van der Waals surface area contributed by atoms with E-state index in [0.717, 1.165) is 12.1 Å². The van der Waals surface area contributed by atoms with Crippen LogP contribution in [0, 0.1) is 17.1 Å². The standard InChI is InChI=1S/C15H10F4N2/c16-14-10(8-20)2-1-3-11(14)9-21-13-6-4-12(5-7-13)15(17,18)19/h1-7,21H,9H2. The number of nitriles is 1. The number of hydrogen-bond acceptors (Lipinski definition) is 2. The normalized spacial score (nSPS) is 11.0. The maximum absolute atomic E-state index is 13.8. The summed E-state index contributed by atoms with van der Waals surface area (Å²) in [5, 5.41) is 11.5. The van der Waals surface area contributed by atoms with Gasteiger partial charge in [0, 0.05) is 17.8 Å². The molecular weight excluding hydrogens is 284 g/mol. The Balaban J connectivity index is 2.09. The molecule has 0 aromatic heterocycles. The Hall–Kier alpha value is -2.55. The number of hydrogen-bond donors (Lipinski definition) is 1. The molecule has 0 amide bonds. The molecule has 0 radical (unpaired) electrons. The lowest BCUT2D eigenvalue weighted by Gasteiger charge is -2.10. The van der Waals surface area contributed by atoms with Crippen LogP contribution < -0.4 is 5.32 Å². The van der Waals surface area contributed by atoms with E-state index in [4.69, 9.17) is 5.26 Å². The van der Waals surface area contributed by atoms with Crippen molar-refractivity contribution in [2.24, 2.45) is 0 Å². The number of benzene rings is 2. The Labute approximate surface area is 118 Å². The average Bonchev–Trinajstić information content (AvgIpc) is 2.46. The molecule has 0 saturated heterocycles. The SMILES string of the molecule is N#Cc1cccc(CNc2ccc(C(F)(F)F)cc2)c1F. The summed E-state index contributed by atoms with van der Waals surface area (Å²) in [5.74, 6) is -0.626. The number of nitrogens with one attached hydrogen (secondary N) is 1. The van der Waals surface area contributed by atoms with Crippen molar-refractivity contribution in [2.75, 3.05) is 5.32 Å². The lowest BCUT2D eigenvalue weighted by atomic mass is 10.1. The van der Waals surface area contributed by atoms with Crippen molar-refractivity contribution in [2.45, 2.75) is 12.7 Å². The van der Waals surface area contributed by atoms with E-state index in [1.54, 1.807) is 12.1 Å². The van der Waals surface area contributed by atoms with Crippen molar-refractivity contribution < 1.29 is 17.6 Å². The molecule has 0 fully saturated rings. The van der Waals surface area contributed by atoms with Gasteiger partial charge in [-0.15, -0.1) is 0 Å². The first-order valence-corrected chi connectivity index (χ1v) is 6.00. The largest absolute Gasteiger partial charge is 0.416 e. The van der Waals surface area contributed by atoms with Gasteiger partial charge in [-0.2, -0.15) is 18.4 Å². The molecule has 6 heteroatoms. The fraction of sp³-hybridized carbons (Fsp3) is 0.133. The fourth-order valence-corrected chi connectivity index (χ4v) is 1.78. The van der Waals surface area contributed by atoms with E-state index < -0.39 is 17.6 Å². The molecule has 0 unspecified atom stereocenters. The maximum Gasteiger partial charge on any atom is 0.416 e. The van der Waals surface area contributed by atoms with E-state index in [9.17, 15) is 17.6 Å². The van der Waals surface area contributed by atoms with Crippen molar-refractivity contribution in [3.63, 3.8) is 0 Å². The van der Waals surface area contributed by atoms with Gasteiger partial charge in [-0.05, 0) is 30.3 Å². The molecule has 0 atom stereocenters. The minimum absolute atomic E-state index is 0.0679. The third kappa shape index (κ3) is 3.51.